The van der Waals surface area contributed by atoms with Crippen molar-refractivity contribution in [3.8, 4) is 0 Å². The minimum absolute atomic E-state index is 0.475. The van der Waals surface area contributed by atoms with Gasteiger partial charge in [0.25, 0.3) is 0 Å². The Bertz CT molecular complexity index is 687. The van der Waals surface area contributed by atoms with Crippen LogP contribution in [0, 0.1) is 0 Å². The van der Waals surface area contributed by atoms with Gasteiger partial charge in [-0.15, -0.1) is 0 Å². The number of carboxylic acids is 4. The van der Waals surface area contributed by atoms with Crippen LogP contribution in [0.3, 0.4) is 0 Å². The zero-order valence-corrected chi connectivity index (χ0v) is 19.8. The van der Waals surface area contributed by atoms with Gasteiger partial charge in [0, 0.05) is 32.8 Å². The highest BCUT2D eigenvalue weighted by Gasteiger charge is 2.19. The van der Waals surface area contributed by atoms with Gasteiger partial charge in [-0.2, -0.15) is 0 Å². The van der Waals surface area contributed by atoms with E-state index in [1.165, 1.54) is 31.4 Å². The molecule has 1 aromatic rings. The number of carbonyl (C=O) groups is 4. The summed E-state index contributed by atoms with van der Waals surface area (Å²) >= 11 is 0. The fourth-order valence-electron chi connectivity index (χ4n) is 3.15. The summed E-state index contributed by atoms with van der Waals surface area (Å²) in [7, 11) is 2.20. The Hall–Kier alpha value is -3.02. The molecule has 0 aliphatic carbocycles. The maximum atomic E-state index is 9.10. The predicted molar refractivity (Wildman–Crippen MR) is 124 cm³/mol. The van der Waals surface area contributed by atoms with Crippen molar-refractivity contribution >= 4 is 23.9 Å². The summed E-state index contributed by atoms with van der Waals surface area (Å²) in [5.74, 6) is -7.30. The third-order valence-corrected chi connectivity index (χ3v) is 4.79. The smallest absolute Gasteiger partial charge is 0.414 e. The molecular weight excluding hydrogens is 448 g/mol. The normalized spacial score (nSPS) is 13.7. The van der Waals surface area contributed by atoms with Gasteiger partial charge in [0.1, 0.15) is 0 Å². The molecule has 1 fully saturated rings. The van der Waals surface area contributed by atoms with E-state index < -0.39 is 23.9 Å². The van der Waals surface area contributed by atoms with Crippen LogP contribution in [0.5, 0.6) is 0 Å². The molecule has 0 spiro atoms. The van der Waals surface area contributed by atoms with Crippen molar-refractivity contribution in [3.63, 3.8) is 0 Å². The monoisotopic (exact) mass is 484 g/mol. The molecule has 1 aliphatic rings. The lowest BCUT2D eigenvalue weighted by Gasteiger charge is -2.32. The molecule has 0 aromatic heterocycles. The molecular formula is C23H36N2O9. The number of benzene rings is 1. The second-order valence-electron chi connectivity index (χ2n) is 7.71. The van der Waals surface area contributed by atoms with E-state index in [1.807, 2.05) is 0 Å². The largest absolute Gasteiger partial charge is 0.473 e. The van der Waals surface area contributed by atoms with E-state index in [0.29, 0.717) is 6.10 Å². The van der Waals surface area contributed by atoms with E-state index in [1.54, 1.807) is 0 Å². The lowest BCUT2D eigenvalue weighted by molar-refractivity contribution is -0.159. The molecule has 34 heavy (non-hydrogen) atoms. The molecule has 11 heteroatoms. The maximum Gasteiger partial charge on any atom is 0.414 e. The highest BCUT2D eigenvalue weighted by molar-refractivity contribution is 6.27. The summed E-state index contributed by atoms with van der Waals surface area (Å²) in [6.07, 6.45) is 5.22. The molecule has 4 N–H and O–H groups in total. The molecule has 0 saturated carbocycles. The first-order valence-corrected chi connectivity index (χ1v) is 11.1. The molecule has 1 aliphatic heterocycles. The van der Waals surface area contributed by atoms with Crippen LogP contribution in [0.2, 0.25) is 0 Å². The van der Waals surface area contributed by atoms with Gasteiger partial charge in [-0.1, -0.05) is 37.3 Å². The van der Waals surface area contributed by atoms with Crippen molar-refractivity contribution in [2.45, 2.75) is 45.3 Å². The van der Waals surface area contributed by atoms with E-state index in [-0.39, 0.29) is 0 Å². The number of carboxylic acid groups (broad SMARTS) is 4. The van der Waals surface area contributed by atoms with Crippen LogP contribution in [-0.2, 0) is 30.5 Å². The second-order valence-corrected chi connectivity index (χ2v) is 7.71. The minimum Gasteiger partial charge on any atom is -0.473 e. The van der Waals surface area contributed by atoms with Gasteiger partial charge in [-0.3, -0.25) is 4.90 Å². The number of aliphatic carboxylic acids is 4. The maximum absolute atomic E-state index is 9.10. The van der Waals surface area contributed by atoms with Crippen molar-refractivity contribution in [3.05, 3.63) is 35.9 Å². The van der Waals surface area contributed by atoms with E-state index in [9.17, 15) is 0 Å². The van der Waals surface area contributed by atoms with Crippen LogP contribution in [0.25, 0.3) is 0 Å². The van der Waals surface area contributed by atoms with Gasteiger partial charge >= 0.3 is 23.9 Å². The molecule has 2 rings (SSSR count). The lowest BCUT2D eigenvalue weighted by atomic mass is 10.1. The van der Waals surface area contributed by atoms with E-state index >= 15 is 0 Å². The fourth-order valence-corrected chi connectivity index (χ4v) is 3.15. The molecule has 192 valence electrons. The molecule has 11 nitrogen and oxygen atoms in total. The summed E-state index contributed by atoms with van der Waals surface area (Å²) < 4.78 is 6.06. The number of hydrogen-bond donors (Lipinski definition) is 4. The second kappa shape index (κ2) is 18.4. The van der Waals surface area contributed by atoms with Crippen LogP contribution in [-0.4, -0.2) is 100 Å². The molecule has 1 aromatic carbocycles. The van der Waals surface area contributed by atoms with E-state index in [4.69, 9.17) is 44.3 Å². The number of nitrogens with zero attached hydrogens (tertiary/aromatic N) is 2. The van der Waals surface area contributed by atoms with Crippen molar-refractivity contribution in [2.24, 2.45) is 0 Å². The van der Waals surface area contributed by atoms with Gasteiger partial charge in [0.15, 0.2) is 0 Å². The highest BCUT2D eigenvalue weighted by Crippen LogP contribution is 2.16. The van der Waals surface area contributed by atoms with Crippen molar-refractivity contribution in [2.75, 3.05) is 39.8 Å². The lowest BCUT2D eigenvalue weighted by Crippen LogP contribution is -2.36. The van der Waals surface area contributed by atoms with Gasteiger partial charge in [-0.25, -0.2) is 19.2 Å². The van der Waals surface area contributed by atoms with Crippen molar-refractivity contribution < 1.29 is 44.3 Å². The summed E-state index contributed by atoms with van der Waals surface area (Å²) in [5, 5.41) is 29.6. The van der Waals surface area contributed by atoms with Crippen molar-refractivity contribution in [1.82, 2.24) is 9.80 Å². The molecule has 0 bridgehead atoms. The Morgan fingerprint density at radius 1 is 0.912 bits per heavy atom. The number of likely N-dealkylation sites (tertiary alicyclic amines) is 1. The molecule has 0 atom stereocenters. The summed E-state index contributed by atoms with van der Waals surface area (Å²) in [6.45, 7) is 8.90. The third kappa shape index (κ3) is 16.6. The number of rotatable bonds is 9. The van der Waals surface area contributed by atoms with Crippen LogP contribution in [0.15, 0.2) is 30.3 Å². The first kappa shape index (κ1) is 31.0. The topological polar surface area (TPSA) is 165 Å². The van der Waals surface area contributed by atoms with E-state index in [0.717, 1.165) is 39.2 Å². The first-order chi connectivity index (χ1) is 16.1. The highest BCUT2D eigenvalue weighted by atomic mass is 16.5. The molecule has 1 heterocycles. The average molecular weight is 485 g/mol. The minimum atomic E-state index is -1.82. The number of piperidine rings is 1. The van der Waals surface area contributed by atoms with Crippen LogP contribution in [0.4, 0.5) is 0 Å². The van der Waals surface area contributed by atoms with Crippen LogP contribution >= 0.6 is 0 Å². The average Bonchev–Trinajstić information content (AvgIpc) is 2.79. The van der Waals surface area contributed by atoms with Gasteiger partial charge < -0.3 is 30.1 Å². The SMILES string of the molecule is CCCN(C)CCCOC1CCN(Cc2ccccc2)CC1.O=C(O)C(=O)O.O=C(O)C(=O)O. The van der Waals surface area contributed by atoms with Gasteiger partial charge in [-0.05, 0) is 44.8 Å². The molecule has 0 radical (unpaired) electrons. The molecule has 0 amide bonds. The zero-order chi connectivity index (χ0) is 25.9. The Balaban J connectivity index is 0.000000750. The predicted octanol–water partition coefficient (Wildman–Crippen LogP) is 1.71. The van der Waals surface area contributed by atoms with Crippen molar-refractivity contribution in [1.29, 1.82) is 0 Å². The summed E-state index contributed by atoms with van der Waals surface area (Å²) in [5.41, 5.74) is 1.42. The summed E-state index contributed by atoms with van der Waals surface area (Å²) in [4.78, 5) is 41.3. The Labute approximate surface area is 199 Å². The standard InChI is InChI=1S/C19H32N2O.2C2H2O4/c1-3-12-20(2)13-7-16-22-19-10-14-21(15-11-19)17-18-8-5-4-6-9-18;2*3-1(4)2(5)6/h4-6,8-9,19H,3,7,10-17H2,1-2H3;2*(H,3,4)(H,5,6). The molecule has 0 unspecified atom stereocenters. The summed E-state index contributed by atoms with van der Waals surface area (Å²) in [6, 6.07) is 10.8. The molecule has 1 saturated heterocycles. The first-order valence-electron chi connectivity index (χ1n) is 11.1. The Morgan fingerprint density at radius 2 is 1.41 bits per heavy atom. The van der Waals surface area contributed by atoms with Gasteiger partial charge in [0.05, 0.1) is 6.10 Å². The quantitative estimate of drug-likeness (QED) is 0.298. The van der Waals surface area contributed by atoms with Crippen LogP contribution in [0.1, 0.15) is 38.2 Å². The number of hydrogen-bond acceptors (Lipinski definition) is 7. The Kier molecular flexibility index (Phi) is 16.8. The van der Waals surface area contributed by atoms with Crippen LogP contribution < -0.4 is 0 Å². The van der Waals surface area contributed by atoms with E-state index in [2.05, 4.69) is 54.1 Å². The number of ether oxygens (including phenoxy) is 1. The third-order valence-electron chi connectivity index (χ3n) is 4.79. The Morgan fingerprint density at radius 3 is 1.85 bits per heavy atom. The zero-order valence-electron chi connectivity index (χ0n) is 19.8. The fraction of sp³-hybridized carbons (Fsp3) is 0.565. The van der Waals surface area contributed by atoms with Gasteiger partial charge in [0.2, 0.25) is 0 Å².